The van der Waals surface area contributed by atoms with E-state index in [4.69, 9.17) is 4.74 Å². The van der Waals surface area contributed by atoms with Gasteiger partial charge in [-0.3, -0.25) is 14.5 Å². The molecule has 1 aromatic rings. The Bertz CT molecular complexity index is 568. The minimum absolute atomic E-state index is 0. The van der Waals surface area contributed by atoms with Crippen molar-refractivity contribution in [2.75, 3.05) is 31.1 Å². The number of benzene rings is 1. The third-order valence-electron chi connectivity index (χ3n) is 4.06. The number of amides is 1. The molecule has 0 saturated carbocycles. The molecule has 0 spiro atoms. The largest absolute Gasteiger partial charge is 0.459 e. The highest BCUT2D eigenvalue weighted by molar-refractivity contribution is 8.93. The lowest BCUT2D eigenvalue weighted by molar-refractivity contribution is -0.149. The molecule has 1 atom stereocenters. The molecular weight excluding hydrogens is 396 g/mol. The quantitative estimate of drug-likeness (QED) is 0.494. The fourth-order valence-electron chi connectivity index (χ4n) is 3.29. The molecule has 1 unspecified atom stereocenters. The van der Waals surface area contributed by atoms with Gasteiger partial charge < -0.3 is 9.64 Å². The number of anilines is 1. The third kappa shape index (κ3) is 7.08. The van der Waals surface area contributed by atoms with Crippen LogP contribution in [0.25, 0.3) is 0 Å². The van der Waals surface area contributed by atoms with Gasteiger partial charge in [-0.2, -0.15) is 0 Å². The second kappa shape index (κ2) is 10.7. The molecule has 1 aromatic carbocycles. The lowest BCUT2D eigenvalue weighted by atomic mass is 10.1. The SMILES string of the molecule is Br.CC(C)CN(CC(C)C)CC1CN(c2ccccc2)C(=O)CC(=O)O1. The van der Waals surface area contributed by atoms with Crippen LogP contribution in [-0.4, -0.2) is 49.1 Å². The number of hydrogen-bond donors (Lipinski definition) is 0. The molecule has 6 heteroatoms. The fourth-order valence-corrected chi connectivity index (χ4v) is 3.29. The average molecular weight is 427 g/mol. The first kappa shape index (κ1) is 22.6. The molecule has 1 fully saturated rings. The van der Waals surface area contributed by atoms with Crippen LogP contribution in [0.5, 0.6) is 0 Å². The fraction of sp³-hybridized carbons (Fsp3) is 0.600. The van der Waals surface area contributed by atoms with Crippen LogP contribution in [-0.2, 0) is 14.3 Å². The van der Waals surface area contributed by atoms with Gasteiger partial charge >= 0.3 is 5.97 Å². The van der Waals surface area contributed by atoms with Crippen LogP contribution in [0.2, 0.25) is 0 Å². The number of cyclic esters (lactones) is 1. The number of para-hydroxylation sites is 1. The van der Waals surface area contributed by atoms with Gasteiger partial charge in [0, 0.05) is 25.3 Å². The maximum absolute atomic E-state index is 12.4. The summed E-state index contributed by atoms with van der Waals surface area (Å²) in [4.78, 5) is 28.5. The van der Waals surface area contributed by atoms with Crippen LogP contribution >= 0.6 is 17.0 Å². The minimum Gasteiger partial charge on any atom is -0.459 e. The summed E-state index contributed by atoms with van der Waals surface area (Å²) in [6.45, 7) is 11.7. The van der Waals surface area contributed by atoms with Gasteiger partial charge in [0.1, 0.15) is 12.5 Å². The smallest absolute Gasteiger partial charge is 0.315 e. The first-order chi connectivity index (χ1) is 11.8. The van der Waals surface area contributed by atoms with E-state index in [1.54, 1.807) is 4.90 Å². The van der Waals surface area contributed by atoms with Crippen LogP contribution < -0.4 is 4.90 Å². The Morgan fingerprint density at radius 2 is 1.65 bits per heavy atom. The van der Waals surface area contributed by atoms with Crippen LogP contribution in [0, 0.1) is 11.8 Å². The first-order valence-electron chi connectivity index (χ1n) is 9.12. The zero-order valence-corrected chi connectivity index (χ0v) is 17.9. The standard InChI is InChI=1S/C20H30N2O3.BrH/c1-15(2)11-21(12-16(3)4)13-18-14-22(17-8-6-5-7-9-17)19(23)10-20(24)25-18;/h5-9,15-16,18H,10-14H2,1-4H3;1H. The zero-order valence-electron chi connectivity index (χ0n) is 16.2. The van der Waals surface area contributed by atoms with E-state index in [9.17, 15) is 9.59 Å². The van der Waals surface area contributed by atoms with Crippen molar-refractivity contribution in [3.05, 3.63) is 30.3 Å². The molecule has 0 bridgehead atoms. The topological polar surface area (TPSA) is 49.9 Å². The molecule has 0 aromatic heterocycles. The van der Waals surface area contributed by atoms with Crippen molar-refractivity contribution in [2.45, 2.75) is 40.2 Å². The van der Waals surface area contributed by atoms with E-state index in [-0.39, 0.29) is 35.4 Å². The van der Waals surface area contributed by atoms with Crippen molar-refractivity contribution in [1.82, 2.24) is 4.90 Å². The van der Waals surface area contributed by atoms with E-state index in [1.165, 1.54) is 0 Å². The monoisotopic (exact) mass is 426 g/mol. The maximum atomic E-state index is 12.4. The van der Waals surface area contributed by atoms with E-state index in [0.29, 0.717) is 24.9 Å². The molecule has 1 aliphatic heterocycles. The number of carbonyl (C=O) groups excluding carboxylic acids is 2. The molecule has 2 rings (SSSR count). The Morgan fingerprint density at radius 1 is 1.08 bits per heavy atom. The highest BCUT2D eigenvalue weighted by Crippen LogP contribution is 2.19. The van der Waals surface area contributed by atoms with Gasteiger partial charge in [-0.25, -0.2) is 0 Å². The summed E-state index contributed by atoms with van der Waals surface area (Å²) in [7, 11) is 0. The van der Waals surface area contributed by atoms with Crippen molar-refractivity contribution < 1.29 is 14.3 Å². The molecule has 26 heavy (non-hydrogen) atoms. The number of esters is 1. The van der Waals surface area contributed by atoms with Gasteiger partial charge in [-0.15, -0.1) is 17.0 Å². The Kier molecular flexibility index (Phi) is 9.30. The van der Waals surface area contributed by atoms with E-state index < -0.39 is 5.97 Å². The van der Waals surface area contributed by atoms with Crippen molar-refractivity contribution in [3.63, 3.8) is 0 Å². The van der Waals surface area contributed by atoms with Gasteiger partial charge in [0.2, 0.25) is 5.91 Å². The van der Waals surface area contributed by atoms with Gasteiger partial charge in [0.15, 0.2) is 0 Å². The van der Waals surface area contributed by atoms with Crippen molar-refractivity contribution in [3.8, 4) is 0 Å². The molecule has 1 saturated heterocycles. The van der Waals surface area contributed by atoms with Gasteiger partial charge in [-0.1, -0.05) is 45.9 Å². The summed E-state index contributed by atoms with van der Waals surface area (Å²) in [5, 5.41) is 0. The normalized spacial score (nSPS) is 18.1. The second-order valence-electron chi connectivity index (χ2n) is 7.63. The lowest BCUT2D eigenvalue weighted by Gasteiger charge is -2.31. The van der Waals surface area contributed by atoms with Crippen LogP contribution in [0.3, 0.4) is 0 Å². The Hall–Kier alpha value is -1.40. The number of halogens is 1. The highest BCUT2D eigenvalue weighted by atomic mass is 79.9. The Labute approximate surface area is 167 Å². The maximum Gasteiger partial charge on any atom is 0.315 e. The number of hydrogen-bond acceptors (Lipinski definition) is 4. The molecular formula is C20H31BrN2O3. The van der Waals surface area contributed by atoms with Gasteiger partial charge in [-0.05, 0) is 24.0 Å². The van der Waals surface area contributed by atoms with E-state index >= 15 is 0 Å². The van der Waals surface area contributed by atoms with Gasteiger partial charge in [0.05, 0.1) is 6.54 Å². The van der Waals surface area contributed by atoms with Gasteiger partial charge in [0.25, 0.3) is 0 Å². The predicted molar refractivity (Wildman–Crippen MR) is 110 cm³/mol. The molecule has 0 N–H and O–H groups in total. The molecule has 5 nitrogen and oxygen atoms in total. The van der Waals surface area contributed by atoms with Crippen molar-refractivity contribution in [1.29, 1.82) is 0 Å². The zero-order chi connectivity index (χ0) is 18.4. The highest BCUT2D eigenvalue weighted by Gasteiger charge is 2.31. The molecule has 146 valence electrons. The summed E-state index contributed by atoms with van der Waals surface area (Å²) < 4.78 is 5.58. The van der Waals surface area contributed by atoms with E-state index in [0.717, 1.165) is 18.8 Å². The molecule has 0 aliphatic carbocycles. The van der Waals surface area contributed by atoms with Crippen LogP contribution in [0.15, 0.2) is 30.3 Å². The summed E-state index contributed by atoms with van der Waals surface area (Å²) in [6.07, 6.45) is -0.503. The van der Waals surface area contributed by atoms with Crippen LogP contribution in [0.1, 0.15) is 34.1 Å². The number of carbonyl (C=O) groups is 2. The lowest BCUT2D eigenvalue weighted by Crippen LogP contribution is -2.44. The average Bonchev–Trinajstić information content (AvgIpc) is 2.64. The summed E-state index contributed by atoms with van der Waals surface area (Å²) in [5.41, 5.74) is 0.815. The number of ether oxygens (including phenoxy) is 1. The number of nitrogens with zero attached hydrogens (tertiary/aromatic N) is 2. The first-order valence-corrected chi connectivity index (χ1v) is 9.12. The third-order valence-corrected chi connectivity index (χ3v) is 4.06. The van der Waals surface area contributed by atoms with E-state index in [1.807, 2.05) is 30.3 Å². The molecule has 1 heterocycles. The van der Waals surface area contributed by atoms with Crippen molar-refractivity contribution >= 4 is 34.5 Å². The predicted octanol–water partition coefficient (Wildman–Crippen LogP) is 3.53. The molecule has 0 radical (unpaired) electrons. The molecule has 1 aliphatic rings. The van der Waals surface area contributed by atoms with Crippen LogP contribution in [0.4, 0.5) is 5.69 Å². The van der Waals surface area contributed by atoms with Crippen molar-refractivity contribution in [2.24, 2.45) is 11.8 Å². The number of rotatable bonds is 7. The minimum atomic E-state index is -0.428. The Morgan fingerprint density at radius 3 is 2.19 bits per heavy atom. The molecule has 1 amide bonds. The summed E-state index contributed by atoms with van der Waals surface area (Å²) in [5.74, 6) is 0.444. The second-order valence-corrected chi connectivity index (χ2v) is 7.63. The van der Waals surface area contributed by atoms with E-state index in [2.05, 4.69) is 32.6 Å². The summed E-state index contributed by atoms with van der Waals surface area (Å²) >= 11 is 0. The summed E-state index contributed by atoms with van der Waals surface area (Å²) in [6, 6.07) is 9.50. The Balaban J connectivity index is 0.00000338.